The van der Waals surface area contributed by atoms with Crippen molar-refractivity contribution in [3.63, 3.8) is 0 Å². The Kier molecular flexibility index (Phi) is 1.59. The zero-order valence-corrected chi connectivity index (χ0v) is 4.91. The Morgan fingerprint density at radius 2 is 1.50 bits per heavy atom. The minimum absolute atomic E-state index is 0. The van der Waals surface area contributed by atoms with Gasteiger partial charge in [-0.25, -0.2) is 0 Å². The summed E-state index contributed by atoms with van der Waals surface area (Å²) in [5, 5.41) is 0. The van der Waals surface area contributed by atoms with Crippen LogP contribution in [0.5, 0.6) is 0 Å². The van der Waals surface area contributed by atoms with Crippen LogP contribution in [0.3, 0.4) is 0 Å². The molecular weight excluding hydrogens is 76.1 g/mol. The smallest absolute Gasteiger partial charge is 0.379 e. The van der Waals surface area contributed by atoms with Crippen molar-refractivity contribution in [3.8, 4) is 0 Å². The molecule has 38 valence electrons. The Balaban J connectivity index is 0. The molecule has 0 saturated carbocycles. The van der Waals surface area contributed by atoms with E-state index in [1.54, 1.807) is 7.11 Å². The average molecular weight is 89.2 g/mol. The second-order valence-corrected chi connectivity index (χ2v) is 2.32. The van der Waals surface area contributed by atoms with Gasteiger partial charge in [0.2, 0.25) is 0 Å². The molecule has 0 aromatic heterocycles. The second kappa shape index (κ2) is 1.61. The molecule has 1 heteroatoms. The van der Waals surface area contributed by atoms with E-state index in [0.717, 1.165) is 0 Å². The van der Waals surface area contributed by atoms with Gasteiger partial charge < -0.3 is 4.74 Å². The van der Waals surface area contributed by atoms with Crippen molar-refractivity contribution < 1.29 is 6.16 Å². The summed E-state index contributed by atoms with van der Waals surface area (Å²) < 4.78 is 4.94. The van der Waals surface area contributed by atoms with Crippen molar-refractivity contribution in [2.75, 3.05) is 7.11 Å². The predicted molar refractivity (Wildman–Crippen MR) is 27.9 cm³/mol. The van der Waals surface area contributed by atoms with Crippen LogP contribution in [-0.2, 0) is 4.74 Å². The lowest BCUT2D eigenvalue weighted by Gasteiger charge is -2.14. The van der Waals surface area contributed by atoms with Crippen LogP contribution < -0.4 is 0 Å². The molecule has 6 heavy (non-hydrogen) atoms. The van der Waals surface area contributed by atoms with Gasteiger partial charge in [-0.2, -0.15) is 0 Å². The number of ether oxygens (including phenoxy) is 1. The standard InChI is InChI=1S/C5H12O/c1-5(2,3)6-4/h1-4H3/p+1. The van der Waals surface area contributed by atoms with Gasteiger partial charge in [-0.05, 0) is 20.8 Å². The lowest BCUT2D eigenvalue weighted by atomic mass is 10.2. The second-order valence-electron chi connectivity index (χ2n) is 2.32. The third-order valence-corrected chi connectivity index (χ3v) is 0.612. The molecule has 0 unspecified atom stereocenters. The van der Waals surface area contributed by atoms with E-state index in [-0.39, 0.29) is 7.03 Å². The predicted octanol–water partition coefficient (Wildman–Crippen LogP) is 1.54. The van der Waals surface area contributed by atoms with E-state index in [2.05, 4.69) is 0 Å². The van der Waals surface area contributed by atoms with Gasteiger partial charge >= 0.3 is 1.43 Å². The first-order valence-electron chi connectivity index (χ1n) is 2.11. The summed E-state index contributed by atoms with van der Waals surface area (Å²) in [4.78, 5) is 0. The molecule has 0 aliphatic heterocycles. The molecule has 0 aliphatic rings. The van der Waals surface area contributed by atoms with Crippen molar-refractivity contribution in [2.24, 2.45) is 0 Å². The zero-order chi connectivity index (χ0) is 5.21. The molecule has 0 heterocycles. The minimum Gasteiger partial charge on any atom is -0.379 e. The molecule has 0 aromatic rings. The molecule has 0 amide bonds. The summed E-state index contributed by atoms with van der Waals surface area (Å²) in [5.74, 6) is 0. The molecule has 0 rings (SSSR count). The van der Waals surface area contributed by atoms with E-state index >= 15 is 0 Å². The summed E-state index contributed by atoms with van der Waals surface area (Å²) in [7, 11) is 1.71. The summed E-state index contributed by atoms with van der Waals surface area (Å²) >= 11 is 0. The van der Waals surface area contributed by atoms with E-state index in [4.69, 9.17) is 4.74 Å². The molecule has 0 spiro atoms. The van der Waals surface area contributed by atoms with Gasteiger partial charge in [0.15, 0.2) is 0 Å². The molecule has 0 fully saturated rings. The van der Waals surface area contributed by atoms with Gasteiger partial charge in [0, 0.05) is 7.11 Å². The topological polar surface area (TPSA) is 9.23 Å². The number of rotatable bonds is 0. The molecule has 0 bridgehead atoms. The van der Waals surface area contributed by atoms with Gasteiger partial charge in [0.05, 0.1) is 5.60 Å². The van der Waals surface area contributed by atoms with E-state index < -0.39 is 0 Å². The fraction of sp³-hybridized carbons (Fsp3) is 1.00. The van der Waals surface area contributed by atoms with Crippen molar-refractivity contribution >= 4 is 0 Å². The molecule has 0 saturated heterocycles. The summed E-state index contributed by atoms with van der Waals surface area (Å²) in [6.07, 6.45) is 0. The molecule has 0 N–H and O–H groups in total. The fourth-order valence-electron chi connectivity index (χ4n) is 0. The maximum atomic E-state index is 4.94. The first-order chi connectivity index (χ1) is 2.56. The molecule has 0 radical (unpaired) electrons. The van der Waals surface area contributed by atoms with Crippen LogP contribution in [0.15, 0.2) is 0 Å². The Morgan fingerprint density at radius 3 is 1.50 bits per heavy atom. The zero-order valence-electron chi connectivity index (χ0n) is 5.91. The Morgan fingerprint density at radius 1 is 1.33 bits per heavy atom. The third kappa shape index (κ3) is 3.96. The molecule has 1 nitrogen and oxygen atoms in total. The average Bonchev–Trinajstić information content (AvgIpc) is 1.35. The SMILES string of the molecule is COC(C)(C)C.[H+]. The highest BCUT2D eigenvalue weighted by atomic mass is 16.5. The first-order valence-corrected chi connectivity index (χ1v) is 2.11. The van der Waals surface area contributed by atoms with E-state index in [1.165, 1.54) is 0 Å². The maximum absolute atomic E-state index is 4.94. The van der Waals surface area contributed by atoms with Crippen molar-refractivity contribution in [1.82, 2.24) is 0 Å². The summed E-state index contributed by atoms with van der Waals surface area (Å²) in [6.45, 7) is 6.06. The Labute approximate surface area is 40.8 Å². The number of hydrogen-bond acceptors (Lipinski definition) is 1. The van der Waals surface area contributed by atoms with Crippen molar-refractivity contribution in [3.05, 3.63) is 0 Å². The highest BCUT2D eigenvalue weighted by Gasteiger charge is 2.03. The van der Waals surface area contributed by atoms with Crippen LogP contribution in [-0.4, -0.2) is 12.7 Å². The molecule has 0 aromatic carbocycles. The number of methoxy groups -OCH3 is 1. The minimum atomic E-state index is 0. The fourth-order valence-corrected chi connectivity index (χ4v) is 0. The summed E-state index contributed by atoms with van der Waals surface area (Å²) in [5.41, 5.74) is 0.0417. The van der Waals surface area contributed by atoms with Gasteiger partial charge in [0.1, 0.15) is 0 Å². The monoisotopic (exact) mass is 89.1 g/mol. The van der Waals surface area contributed by atoms with Crippen LogP contribution in [0, 0.1) is 0 Å². The lowest BCUT2D eigenvalue weighted by molar-refractivity contribution is 0.0397. The highest BCUT2D eigenvalue weighted by molar-refractivity contribution is 4.55. The van der Waals surface area contributed by atoms with Gasteiger partial charge in [-0.15, -0.1) is 0 Å². The molecule has 0 atom stereocenters. The largest absolute Gasteiger partial charge is 1.00 e. The quantitative estimate of drug-likeness (QED) is 0.437. The Hall–Kier alpha value is -0.0400. The van der Waals surface area contributed by atoms with E-state index in [1.807, 2.05) is 20.8 Å². The molecule has 0 aliphatic carbocycles. The maximum Gasteiger partial charge on any atom is 1.00 e. The normalized spacial score (nSPS) is 12.0. The number of hydrogen-bond donors (Lipinski definition) is 0. The van der Waals surface area contributed by atoms with E-state index in [0.29, 0.717) is 0 Å². The van der Waals surface area contributed by atoms with Crippen LogP contribution in [0.4, 0.5) is 0 Å². The van der Waals surface area contributed by atoms with Crippen LogP contribution >= 0.6 is 0 Å². The third-order valence-electron chi connectivity index (χ3n) is 0.612. The van der Waals surface area contributed by atoms with Gasteiger partial charge in [0.25, 0.3) is 0 Å². The first kappa shape index (κ1) is 5.96. The molecular formula is C5H13O+. The highest BCUT2D eigenvalue weighted by Crippen LogP contribution is 2.02. The van der Waals surface area contributed by atoms with E-state index in [9.17, 15) is 0 Å². The Bertz CT molecular complexity index is 37.8. The van der Waals surface area contributed by atoms with Crippen LogP contribution in [0.1, 0.15) is 22.2 Å². The van der Waals surface area contributed by atoms with Crippen molar-refractivity contribution in [2.45, 2.75) is 26.4 Å². The van der Waals surface area contributed by atoms with Crippen LogP contribution in [0.25, 0.3) is 0 Å². The van der Waals surface area contributed by atoms with Crippen molar-refractivity contribution in [1.29, 1.82) is 0 Å². The van der Waals surface area contributed by atoms with Crippen LogP contribution in [0.2, 0.25) is 0 Å². The van der Waals surface area contributed by atoms with Gasteiger partial charge in [-0.3, -0.25) is 0 Å². The summed E-state index contributed by atoms with van der Waals surface area (Å²) in [6, 6.07) is 0. The van der Waals surface area contributed by atoms with Gasteiger partial charge in [-0.1, -0.05) is 0 Å². The lowest BCUT2D eigenvalue weighted by Crippen LogP contribution is -2.15.